The zero-order valence-electron chi connectivity index (χ0n) is 25.3. The minimum absolute atomic E-state index is 0.177. The molecule has 244 valence electrons. The third kappa shape index (κ3) is 6.38. The lowest BCUT2D eigenvalue weighted by Gasteiger charge is -2.06. The summed E-state index contributed by atoms with van der Waals surface area (Å²) in [7, 11) is 1.43. The molecule has 0 atom stereocenters. The smallest absolute Gasteiger partial charge is 0.307 e. The molecule has 0 fully saturated rings. The van der Waals surface area contributed by atoms with Gasteiger partial charge in [0.05, 0.1) is 43.0 Å². The summed E-state index contributed by atoms with van der Waals surface area (Å²) in [6, 6.07) is 11.7. The first kappa shape index (κ1) is 34.1. The number of carboxylic acid groups (broad SMARTS) is 1. The zero-order valence-corrected chi connectivity index (χ0v) is 28.4. The first-order valence-corrected chi connectivity index (χ1v) is 16.4. The minimum atomic E-state index is -1.09. The molecule has 0 aliphatic heterocycles. The normalized spacial score (nSPS) is 11.1. The number of aromatic hydroxyl groups is 1. The maximum absolute atomic E-state index is 14.1. The van der Waals surface area contributed by atoms with Gasteiger partial charge >= 0.3 is 5.97 Å². The largest absolute Gasteiger partial charge is 0.505 e. The molecule has 4 heterocycles. The average Bonchev–Trinajstić information content (AvgIpc) is 3.77. The number of phenolic OH excluding ortho intramolecular Hbond substituents is 1. The van der Waals surface area contributed by atoms with Gasteiger partial charge in [0.1, 0.15) is 0 Å². The summed E-state index contributed by atoms with van der Waals surface area (Å²) in [4.78, 5) is 37.6. The van der Waals surface area contributed by atoms with Crippen molar-refractivity contribution >= 4 is 85.5 Å². The number of aryl methyl sites for hydroxylation is 1. The number of hydrogen-bond donors (Lipinski definition) is 2. The summed E-state index contributed by atoms with van der Waals surface area (Å²) in [5, 5.41) is 19.9. The average molecular weight is 720 g/mol. The van der Waals surface area contributed by atoms with Gasteiger partial charge in [0.2, 0.25) is 0 Å². The highest BCUT2D eigenvalue weighted by Gasteiger charge is 2.24. The number of aromatic nitrogens is 2. The van der Waals surface area contributed by atoms with E-state index in [0.717, 1.165) is 46.5 Å². The molecule has 6 aromatic rings. The third-order valence-electron chi connectivity index (χ3n) is 7.67. The van der Waals surface area contributed by atoms with E-state index in [1.807, 2.05) is 13.8 Å². The van der Waals surface area contributed by atoms with E-state index in [1.165, 1.54) is 29.1 Å². The van der Waals surface area contributed by atoms with E-state index in [9.17, 15) is 28.3 Å². The maximum atomic E-state index is 14.1. The summed E-state index contributed by atoms with van der Waals surface area (Å²) in [6.45, 7) is 5.46. The van der Waals surface area contributed by atoms with Crippen LogP contribution in [0.3, 0.4) is 0 Å². The second-order valence-electron chi connectivity index (χ2n) is 10.4. The second-order valence-corrected chi connectivity index (χ2v) is 13.8. The van der Waals surface area contributed by atoms with Gasteiger partial charge in [-0.25, -0.2) is 8.78 Å². The molecule has 4 aromatic heterocycles. The highest BCUT2D eigenvalue weighted by atomic mass is 35.5. The van der Waals surface area contributed by atoms with Crippen LogP contribution in [-0.4, -0.2) is 44.2 Å². The van der Waals surface area contributed by atoms with Crippen LogP contribution in [-0.2, 0) is 17.6 Å². The first-order valence-electron chi connectivity index (χ1n) is 14.0. The fourth-order valence-corrected chi connectivity index (χ4v) is 7.49. The van der Waals surface area contributed by atoms with Crippen LogP contribution in [0.5, 0.6) is 11.5 Å². The van der Waals surface area contributed by atoms with E-state index in [0.29, 0.717) is 40.6 Å². The van der Waals surface area contributed by atoms with E-state index >= 15 is 0 Å². The van der Waals surface area contributed by atoms with Crippen molar-refractivity contribution < 1.29 is 38.1 Å². The van der Waals surface area contributed by atoms with Crippen LogP contribution in [0.25, 0.3) is 21.8 Å². The number of rotatable bonds is 6. The number of fused-ring (bicyclic) bond motifs is 2. The Morgan fingerprint density at radius 1 is 0.809 bits per heavy atom. The molecule has 8 nitrogen and oxygen atoms in total. The van der Waals surface area contributed by atoms with E-state index in [1.54, 1.807) is 41.8 Å². The molecule has 0 bridgehead atoms. The van der Waals surface area contributed by atoms with Crippen molar-refractivity contribution in [3.8, 4) is 11.5 Å². The van der Waals surface area contributed by atoms with Gasteiger partial charge in [-0.1, -0.05) is 30.1 Å². The molecule has 0 spiro atoms. The van der Waals surface area contributed by atoms with Gasteiger partial charge in [0.15, 0.2) is 23.1 Å². The van der Waals surface area contributed by atoms with Gasteiger partial charge in [-0.3, -0.25) is 23.5 Å². The van der Waals surface area contributed by atoms with Crippen LogP contribution >= 0.6 is 45.9 Å². The molecule has 14 heteroatoms. The van der Waals surface area contributed by atoms with Crippen molar-refractivity contribution in [2.75, 3.05) is 7.11 Å². The number of aliphatic carboxylic acids is 1. The molecule has 0 unspecified atom stereocenters. The van der Waals surface area contributed by atoms with Gasteiger partial charge in [0, 0.05) is 34.3 Å². The summed E-state index contributed by atoms with van der Waals surface area (Å²) in [6.07, 6.45) is 0.390. The van der Waals surface area contributed by atoms with Crippen molar-refractivity contribution in [3.63, 3.8) is 0 Å². The van der Waals surface area contributed by atoms with E-state index in [4.69, 9.17) is 33.0 Å². The second kappa shape index (κ2) is 13.5. The Balaban J connectivity index is 0.000000185. The van der Waals surface area contributed by atoms with Crippen LogP contribution in [0.4, 0.5) is 8.78 Å². The van der Waals surface area contributed by atoms with E-state index in [2.05, 4.69) is 0 Å². The van der Waals surface area contributed by atoms with Gasteiger partial charge in [-0.05, 0) is 67.8 Å². The van der Waals surface area contributed by atoms with Gasteiger partial charge < -0.3 is 14.9 Å². The lowest BCUT2D eigenvalue weighted by molar-refractivity contribution is -0.136. The predicted octanol–water partition coefficient (Wildman–Crippen LogP) is 8.89. The Hall–Kier alpha value is -4.23. The molecule has 0 radical (unpaired) electrons. The Bertz CT molecular complexity index is 2220. The number of carbonyl (C=O) groups is 3. The molecule has 0 saturated carbocycles. The summed E-state index contributed by atoms with van der Waals surface area (Å²) >= 11 is 14.1. The topological polar surface area (TPSA) is 111 Å². The molecule has 0 aliphatic carbocycles. The highest BCUT2D eigenvalue weighted by Crippen LogP contribution is 2.35. The molecule has 2 N–H and O–H groups in total. The van der Waals surface area contributed by atoms with Crippen LogP contribution in [0, 0.1) is 25.5 Å². The highest BCUT2D eigenvalue weighted by molar-refractivity contribution is 7.18. The molecule has 47 heavy (non-hydrogen) atoms. The number of phenols is 1. The number of methoxy groups -OCH3 is 1. The quantitative estimate of drug-likeness (QED) is 0.178. The van der Waals surface area contributed by atoms with E-state index < -0.39 is 29.3 Å². The summed E-state index contributed by atoms with van der Waals surface area (Å²) < 4.78 is 36.8. The monoisotopic (exact) mass is 718 g/mol. The number of carboxylic acids is 1. The molecule has 0 aliphatic rings. The van der Waals surface area contributed by atoms with Crippen LogP contribution in [0.1, 0.15) is 48.8 Å². The van der Waals surface area contributed by atoms with Crippen LogP contribution < -0.4 is 4.74 Å². The van der Waals surface area contributed by atoms with Crippen molar-refractivity contribution in [2.24, 2.45) is 0 Å². The van der Waals surface area contributed by atoms with Crippen molar-refractivity contribution in [1.29, 1.82) is 0 Å². The van der Waals surface area contributed by atoms with Crippen LogP contribution in [0.15, 0.2) is 48.5 Å². The number of halogens is 4. The number of carbonyl (C=O) groups excluding carboxylic acids is 2. The molecular weight excluding hydrogens is 693 g/mol. The fourth-order valence-electron chi connectivity index (χ4n) is 5.55. The van der Waals surface area contributed by atoms with Crippen molar-refractivity contribution in [3.05, 3.63) is 101 Å². The lowest BCUT2D eigenvalue weighted by atomic mass is 10.1. The van der Waals surface area contributed by atoms with Crippen molar-refractivity contribution in [2.45, 2.75) is 33.6 Å². The molecule has 0 saturated heterocycles. The number of ether oxygens (including phenoxy) is 1. The minimum Gasteiger partial charge on any atom is -0.505 e. The Morgan fingerprint density at radius 2 is 1.30 bits per heavy atom. The molecular formula is C33H26Cl2F2N2O6S2. The SMILES string of the molecule is CCc1c(C)n(C(=O)c2ccc(Cl)s2)c2cc(F)c(OC)cc12.Cc1c(CC(=O)O)c2cc(O)c(F)cc2n1C(=O)c1ccc(Cl)s1. The Morgan fingerprint density at radius 3 is 1.74 bits per heavy atom. The lowest BCUT2D eigenvalue weighted by Crippen LogP contribution is -2.13. The first-order chi connectivity index (χ1) is 22.3. The number of nitrogens with zero attached hydrogens (tertiary/aromatic N) is 2. The predicted molar refractivity (Wildman–Crippen MR) is 180 cm³/mol. The molecule has 0 amide bonds. The fraction of sp³-hybridized carbons (Fsp3) is 0.182. The van der Waals surface area contributed by atoms with Crippen LogP contribution in [0.2, 0.25) is 8.67 Å². The Kier molecular flexibility index (Phi) is 9.78. The summed E-state index contributed by atoms with van der Waals surface area (Å²) in [5.74, 6) is -3.52. The Labute approximate surface area is 284 Å². The maximum Gasteiger partial charge on any atom is 0.307 e. The van der Waals surface area contributed by atoms with E-state index in [-0.39, 0.29) is 23.6 Å². The number of hydrogen-bond acceptors (Lipinski definition) is 7. The van der Waals surface area contributed by atoms with Gasteiger partial charge in [-0.15, -0.1) is 22.7 Å². The standard InChI is InChI=1S/C17H15ClFNO2S.C16H11ClFNO4S/c1-4-10-9(2)20(17(21)15-5-6-16(18)23-15)13-8-12(19)14(22-3)7-11(10)13;1-7-8(5-15(21)22)9-4-12(20)10(18)6-11(9)19(7)16(23)13-2-3-14(17)24-13/h5-8H,4H2,1-3H3;2-4,6,20H,5H2,1H3,(H,21,22). The zero-order chi connectivity index (χ0) is 34.3. The van der Waals surface area contributed by atoms with Gasteiger partial charge in [0.25, 0.3) is 11.8 Å². The molecule has 6 rings (SSSR count). The molecule has 2 aromatic carbocycles. The number of thiophene rings is 2. The summed E-state index contributed by atoms with van der Waals surface area (Å²) in [5.41, 5.74) is 3.30. The third-order valence-corrected chi connectivity index (χ3v) is 10.1. The number of benzene rings is 2. The van der Waals surface area contributed by atoms with Crippen molar-refractivity contribution in [1.82, 2.24) is 9.13 Å². The van der Waals surface area contributed by atoms with Gasteiger partial charge in [-0.2, -0.15) is 0 Å².